The zero-order chi connectivity index (χ0) is 21.0. The van der Waals surface area contributed by atoms with Gasteiger partial charge in [-0.2, -0.15) is 0 Å². The summed E-state index contributed by atoms with van der Waals surface area (Å²) >= 11 is 0. The van der Waals surface area contributed by atoms with Gasteiger partial charge in [-0.05, 0) is 48.5 Å². The molecule has 29 heavy (non-hydrogen) atoms. The van der Waals surface area contributed by atoms with E-state index in [1.165, 1.54) is 48.5 Å². The summed E-state index contributed by atoms with van der Waals surface area (Å²) in [6, 6.07) is 11.2. The van der Waals surface area contributed by atoms with Crippen LogP contribution >= 0.6 is 0 Å². The summed E-state index contributed by atoms with van der Waals surface area (Å²) < 4.78 is 0. The number of aromatic carboxylic acids is 2. The lowest BCUT2D eigenvalue weighted by molar-refractivity contribution is -0.383. The lowest BCUT2D eigenvalue weighted by atomic mass is 10.2. The van der Waals surface area contributed by atoms with Gasteiger partial charge in [0.25, 0.3) is 0 Å². The van der Waals surface area contributed by atoms with E-state index in [2.05, 4.69) is 20.6 Å². The fraction of sp³-hybridized carbons (Fsp3) is 0. The summed E-state index contributed by atoms with van der Waals surface area (Å²) in [7, 11) is 0. The minimum atomic E-state index is -1.09. The van der Waals surface area contributed by atoms with E-state index in [0.717, 1.165) is 6.33 Å². The van der Waals surface area contributed by atoms with Crippen LogP contribution < -0.4 is 10.6 Å². The molecule has 0 aliphatic rings. The maximum absolute atomic E-state index is 11.6. The Morgan fingerprint density at radius 1 is 0.793 bits per heavy atom. The van der Waals surface area contributed by atoms with E-state index in [9.17, 15) is 19.7 Å². The lowest BCUT2D eigenvalue weighted by Crippen LogP contribution is -2.06. The molecule has 0 spiro atoms. The van der Waals surface area contributed by atoms with Crippen molar-refractivity contribution in [1.82, 2.24) is 9.97 Å². The average molecular weight is 395 g/mol. The zero-order valence-electron chi connectivity index (χ0n) is 14.6. The Morgan fingerprint density at radius 3 is 1.48 bits per heavy atom. The Morgan fingerprint density at radius 2 is 1.17 bits per heavy atom. The smallest absolute Gasteiger partial charge is 0.353 e. The molecule has 4 N–H and O–H groups in total. The van der Waals surface area contributed by atoms with Crippen molar-refractivity contribution in [1.29, 1.82) is 0 Å². The maximum Gasteiger partial charge on any atom is 0.353 e. The Hall–Kier alpha value is -4.54. The molecule has 0 aliphatic heterocycles. The fourth-order valence-electron chi connectivity index (χ4n) is 2.40. The molecule has 1 heterocycles. The second kappa shape index (κ2) is 8.00. The summed E-state index contributed by atoms with van der Waals surface area (Å²) in [5.41, 5.74) is 0.499. The minimum Gasteiger partial charge on any atom is -0.478 e. The number of carbonyl (C=O) groups is 2. The van der Waals surface area contributed by atoms with Crippen molar-refractivity contribution in [2.24, 2.45) is 0 Å². The molecule has 1 aromatic heterocycles. The van der Waals surface area contributed by atoms with Crippen molar-refractivity contribution in [3.8, 4) is 0 Å². The number of carboxylic acids is 2. The van der Waals surface area contributed by atoms with E-state index in [4.69, 9.17) is 10.2 Å². The third-order valence-corrected chi connectivity index (χ3v) is 3.79. The highest BCUT2D eigenvalue weighted by molar-refractivity contribution is 5.89. The Bertz CT molecular complexity index is 1010. The van der Waals surface area contributed by atoms with Gasteiger partial charge in [0.2, 0.25) is 11.6 Å². The average Bonchev–Trinajstić information content (AvgIpc) is 2.68. The van der Waals surface area contributed by atoms with Crippen molar-refractivity contribution < 1.29 is 24.7 Å². The number of nitro groups is 1. The van der Waals surface area contributed by atoms with Gasteiger partial charge in [0.15, 0.2) is 0 Å². The third-order valence-electron chi connectivity index (χ3n) is 3.79. The molecular formula is C18H13N5O6. The van der Waals surface area contributed by atoms with E-state index in [0.29, 0.717) is 11.4 Å². The highest BCUT2D eigenvalue weighted by Crippen LogP contribution is 2.33. The normalized spacial score (nSPS) is 10.2. The molecule has 0 aliphatic carbocycles. The Balaban J connectivity index is 1.90. The van der Waals surface area contributed by atoms with Crippen LogP contribution in [0.25, 0.3) is 0 Å². The predicted molar refractivity (Wildman–Crippen MR) is 102 cm³/mol. The van der Waals surface area contributed by atoms with Crippen LogP contribution in [0.2, 0.25) is 0 Å². The van der Waals surface area contributed by atoms with E-state index in [-0.39, 0.29) is 22.8 Å². The lowest BCUT2D eigenvalue weighted by Gasteiger charge is -2.10. The van der Waals surface area contributed by atoms with Gasteiger partial charge in [-0.15, -0.1) is 0 Å². The molecule has 0 amide bonds. The monoisotopic (exact) mass is 395 g/mol. The molecule has 3 rings (SSSR count). The van der Waals surface area contributed by atoms with E-state index >= 15 is 0 Å². The molecule has 11 nitrogen and oxygen atoms in total. The highest BCUT2D eigenvalue weighted by Gasteiger charge is 2.23. The number of rotatable bonds is 7. The van der Waals surface area contributed by atoms with E-state index < -0.39 is 22.5 Å². The van der Waals surface area contributed by atoms with Crippen molar-refractivity contribution >= 4 is 40.6 Å². The number of nitrogens with one attached hydrogen (secondary N) is 2. The van der Waals surface area contributed by atoms with Gasteiger partial charge >= 0.3 is 17.6 Å². The van der Waals surface area contributed by atoms with E-state index in [1.54, 1.807) is 0 Å². The molecule has 2 aromatic carbocycles. The van der Waals surface area contributed by atoms with Crippen LogP contribution in [0, 0.1) is 10.1 Å². The summed E-state index contributed by atoms with van der Waals surface area (Å²) in [5, 5.41) is 35.0. The van der Waals surface area contributed by atoms with Crippen LogP contribution in [-0.4, -0.2) is 37.0 Å². The van der Waals surface area contributed by atoms with Crippen molar-refractivity contribution in [3.63, 3.8) is 0 Å². The van der Waals surface area contributed by atoms with Crippen LogP contribution in [0.5, 0.6) is 0 Å². The van der Waals surface area contributed by atoms with Gasteiger partial charge in [0, 0.05) is 11.4 Å². The number of hydrogen-bond acceptors (Lipinski definition) is 8. The Labute approximate surface area is 162 Å². The Kier molecular flexibility index (Phi) is 5.30. The maximum atomic E-state index is 11.6. The van der Waals surface area contributed by atoms with Crippen LogP contribution in [0.15, 0.2) is 54.9 Å². The minimum absolute atomic E-state index is 0.0694. The summed E-state index contributed by atoms with van der Waals surface area (Å²) in [4.78, 5) is 40.6. The van der Waals surface area contributed by atoms with Crippen molar-refractivity contribution in [2.45, 2.75) is 0 Å². The first kappa shape index (κ1) is 19.2. The molecule has 0 fully saturated rings. The van der Waals surface area contributed by atoms with Gasteiger partial charge in [0.1, 0.15) is 6.33 Å². The summed E-state index contributed by atoms with van der Waals surface area (Å²) in [6.07, 6.45) is 1.12. The second-order valence-corrected chi connectivity index (χ2v) is 5.69. The SMILES string of the molecule is O=C(O)c1ccc(Nc2ncnc(Nc3ccc(C(=O)O)cc3)c2[N+](=O)[O-])cc1. The molecule has 0 saturated heterocycles. The van der Waals surface area contributed by atoms with Crippen molar-refractivity contribution in [3.05, 3.63) is 76.1 Å². The quantitative estimate of drug-likeness (QED) is 0.344. The molecule has 0 atom stereocenters. The van der Waals surface area contributed by atoms with Gasteiger partial charge in [-0.1, -0.05) is 0 Å². The predicted octanol–water partition coefficient (Wildman–Crippen LogP) is 3.27. The first-order valence-corrected chi connectivity index (χ1v) is 8.05. The van der Waals surface area contributed by atoms with Gasteiger partial charge in [-0.25, -0.2) is 19.6 Å². The number of benzene rings is 2. The van der Waals surface area contributed by atoms with Crippen LogP contribution in [0.4, 0.5) is 28.7 Å². The topological polar surface area (TPSA) is 168 Å². The molecule has 146 valence electrons. The summed E-state index contributed by atoms with van der Waals surface area (Å²) in [6.45, 7) is 0. The number of hydrogen-bond donors (Lipinski definition) is 4. The molecule has 0 radical (unpaired) electrons. The standard InChI is InChI=1S/C18H13N5O6/c24-17(25)10-1-5-12(6-2-10)21-15-14(23(28)29)16(20-9-19-15)22-13-7-3-11(4-8-13)18(26)27/h1-9H,(H,24,25)(H,26,27)(H2,19,20,21,22). The van der Waals surface area contributed by atoms with Crippen LogP contribution in [-0.2, 0) is 0 Å². The van der Waals surface area contributed by atoms with Gasteiger partial charge in [0.05, 0.1) is 16.1 Å². The largest absolute Gasteiger partial charge is 0.478 e. The first-order valence-electron chi connectivity index (χ1n) is 8.05. The third kappa shape index (κ3) is 4.42. The number of carboxylic acid groups (broad SMARTS) is 2. The van der Waals surface area contributed by atoms with Crippen molar-refractivity contribution in [2.75, 3.05) is 10.6 Å². The van der Waals surface area contributed by atoms with Crippen LogP contribution in [0.3, 0.4) is 0 Å². The van der Waals surface area contributed by atoms with Gasteiger partial charge in [-0.3, -0.25) is 10.1 Å². The molecular weight excluding hydrogens is 382 g/mol. The fourth-order valence-corrected chi connectivity index (χ4v) is 2.40. The summed E-state index contributed by atoms with van der Waals surface area (Å²) in [5.74, 6) is -2.38. The van der Waals surface area contributed by atoms with Crippen LogP contribution in [0.1, 0.15) is 20.7 Å². The first-order chi connectivity index (χ1) is 13.8. The molecule has 0 saturated carbocycles. The molecule has 11 heteroatoms. The second-order valence-electron chi connectivity index (χ2n) is 5.69. The molecule has 0 bridgehead atoms. The number of aromatic nitrogens is 2. The number of nitrogens with zero attached hydrogens (tertiary/aromatic N) is 3. The zero-order valence-corrected chi connectivity index (χ0v) is 14.6. The molecule has 0 unspecified atom stereocenters. The highest BCUT2D eigenvalue weighted by atomic mass is 16.6. The number of anilines is 4. The molecule has 3 aromatic rings. The van der Waals surface area contributed by atoms with Gasteiger partial charge < -0.3 is 20.8 Å². The van der Waals surface area contributed by atoms with E-state index in [1.807, 2.05) is 0 Å².